The van der Waals surface area contributed by atoms with Crippen LogP contribution >= 0.6 is 0 Å². The van der Waals surface area contributed by atoms with Gasteiger partial charge < -0.3 is 15.5 Å². The van der Waals surface area contributed by atoms with Gasteiger partial charge in [-0.25, -0.2) is 9.18 Å². The van der Waals surface area contributed by atoms with E-state index in [9.17, 15) is 14.3 Å². The molecular formula is C21H24FNO3. The lowest BCUT2D eigenvalue weighted by Crippen LogP contribution is -2.41. The van der Waals surface area contributed by atoms with Gasteiger partial charge in [0.2, 0.25) is 0 Å². The summed E-state index contributed by atoms with van der Waals surface area (Å²) in [6.45, 7) is 1.17. The Morgan fingerprint density at radius 2 is 1.96 bits per heavy atom. The van der Waals surface area contributed by atoms with Gasteiger partial charge in [0, 0.05) is 18.5 Å². The Labute approximate surface area is 152 Å². The second kappa shape index (κ2) is 7.98. The molecule has 2 unspecified atom stereocenters. The summed E-state index contributed by atoms with van der Waals surface area (Å²) in [4.78, 5) is 11.1. The topological polar surface area (TPSA) is 69.6 Å². The van der Waals surface area contributed by atoms with Gasteiger partial charge in [-0.15, -0.1) is 0 Å². The standard InChI is InChI=1S/C21H24FNO3/c22-18-8-6-15(7-9-18)12-21(10-2-5-19(21)24)14-23-13-16-3-1-4-17(11-16)20(25)26/h1,3-4,6-9,11,19,23-24H,2,5,10,12-14H2,(H,25,26). The number of rotatable bonds is 7. The minimum atomic E-state index is -0.939. The normalized spacial score (nSPS) is 22.5. The van der Waals surface area contributed by atoms with Crippen molar-refractivity contribution < 1.29 is 19.4 Å². The SMILES string of the molecule is O=C(O)c1cccc(CNCC2(Cc3ccc(F)cc3)CCCC2O)c1. The quantitative estimate of drug-likeness (QED) is 0.710. The van der Waals surface area contributed by atoms with Crippen molar-refractivity contribution in [3.63, 3.8) is 0 Å². The van der Waals surface area contributed by atoms with Crippen LogP contribution in [0.25, 0.3) is 0 Å². The highest BCUT2D eigenvalue weighted by atomic mass is 19.1. The van der Waals surface area contributed by atoms with Crippen molar-refractivity contribution in [1.29, 1.82) is 0 Å². The van der Waals surface area contributed by atoms with Gasteiger partial charge in [-0.2, -0.15) is 0 Å². The van der Waals surface area contributed by atoms with Crippen molar-refractivity contribution in [3.8, 4) is 0 Å². The molecule has 2 atom stereocenters. The molecule has 0 amide bonds. The molecular weight excluding hydrogens is 333 g/mol. The first kappa shape index (κ1) is 18.5. The van der Waals surface area contributed by atoms with Crippen molar-refractivity contribution in [2.24, 2.45) is 5.41 Å². The van der Waals surface area contributed by atoms with E-state index in [-0.39, 0.29) is 16.8 Å². The van der Waals surface area contributed by atoms with Gasteiger partial charge in [0.05, 0.1) is 11.7 Å². The van der Waals surface area contributed by atoms with Crippen LogP contribution in [0.3, 0.4) is 0 Å². The first-order valence-corrected chi connectivity index (χ1v) is 8.94. The van der Waals surface area contributed by atoms with Gasteiger partial charge in [0.1, 0.15) is 5.82 Å². The second-order valence-corrected chi connectivity index (χ2v) is 7.18. The number of carboxylic acid groups (broad SMARTS) is 1. The molecule has 0 saturated heterocycles. The molecule has 5 heteroatoms. The lowest BCUT2D eigenvalue weighted by atomic mass is 9.78. The maximum absolute atomic E-state index is 13.1. The van der Waals surface area contributed by atoms with E-state index in [1.165, 1.54) is 12.1 Å². The van der Waals surface area contributed by atoms with Crippen LogP contribution in [0, 0.1) is 11.2 Å². The summed E-state index contributed by atoms with van der Waals surface area (Å²) in [5.74, 6) is -1.20. The maximum atomic E-state index is 13.1. The van der Waals surface area contributed by atoms with E-state index in [0.717, 1.165) is 30.4 Å². The molecule has 2 aromatic carbocycles. The predicted molar refractivity (Wildman–Crippen MR) is 97.5 cm³/mol. The highest BCUT2D eigenvalue weighted by Gasteiger charge is 2.41. The van der Waals surface area contributed by atoms with Gasteiger partial charge in [0.25, 0.3) is 0 Å². The van der Waals surface area contributed by atoms with E-state index in [1.807, 2.05) is 6.07 Å². The summed E-state index contributed by atoms with van der Waals surface area (Å²) in [5.41, 5.74) is 1.91. The van der Waals surface area contributed by atoms with Crippen LogP contribution in [0.2, 0.25) is 0 Å². The van der Waals surface area contributed by atoms with Crippen molar-refractivity contribution in [1.82, 2.24) is 5.32 Å². The average Bonchev–Trinajstić information content (AvgIpc) is 2.98. The molecule has 0 aromatic heterocycles. The van der Waals surface area contributed by atoms with Gasteiger partial charge in [-0.05, 0) is 54.7 Å². The number of aliphatic hydroxyl groups is 1. The Balaban J connectivity index is 1.66. The van der Waals surface area contributed by atoms with E-state index >= 15 is 0 Å². The number of hydrogen-bond donors (Lipinski definition) is 3. The largest absolute Gasteiger partial charge is 0.478 e. The van der Waals surface area contributed by atoms with Gasteiger partial charge >= 0.3 is 5.97 Å². The fourth-order valence-electron chi connectivity index (χ4n) is 3.87. The Bertz CT molecular complexity index is 762. The minimum absolute atomic E-state index is 0.258. The zero-order valence-electron chi connectivity index (χ0n) is 14.6. The summed E-state index contributed by atoms with van der Waals surface area (Å²) in [6.07, 6.45) is 2.95. The van der Waals surface area contributed by atoms with Crippen LogP contribution in [-0.4, -0.2) is 28.8 Å². The minimum Gasteiger partial charge on any atom is -0.478 e. The first-order valence-electron chi connectivity index (χ1n) is 8.94. The third-order valence-electron chi connectivity index (χ3n) is 5.31. The maximum Gasteiger partial charge on any atom is 0.335 e. The number of carbonyl (C=O) groups is 1. The van der Waals surface area contributed by atoms with Gasteiger partial charge in [-0.1, -0.05) is 30.7 Å². The highest BCUT2D eigenvalue weighted by molar-refractivity contribution is 5.87. The molecule has 26 heavy (non-hydrogen) atoms. The summed E-state index contributed by atoms with van der Waals surface area (Å²) >= 11 is 0. The highest BCUT2D eigenvalue weighted by Crippen LogP contribution is 2.41. The molecule has 0 radical (unpaired) electrons. The summed E-state index contributed by atoms with van der Waals surface area (Å²) in [7, 11) is 0. The zero-order chi connectivity index (χ0) is 18.6. The van der Waals surface area contributed by atoms with Crippen molar-refractivity contribution in [2.45, 2.75) is 38.3 Å². The van der Waals surface area contributed by atoms with Crippen LogP contribution in [0.4, 0.5) is 4.39 Å². The lowest BCUT2D eigenvalue weighted by Gasteiger charge is -2.33. The molecule has 138 valence electrons. The average molecular weight is 357 g/mol. The number of aromatic carboxylic acids is 1. The third-order valence-corrected chi connectivity index (χ3v) is 5.31. The molecule has 4 nitrogen and oxygen atoms in total. The number of aliphatic hydroxyl groups excluding tert-OH is 1. The smallest absolute Gasteiger partial charge is 0.335 e. The fourth-order valence-corrected chi connectivity index (χ4v) is 3.87. The molecule has 0 bridgehead atoms. The monoisotopic (exact) mass is 357 g/mol. The molecule has 0 heterocycles. The Hall–Kier alpha value is -2.24. The van der Waals surface area contributed by atoms with Crippen molar-refractivity contribution in [2.75, 3.05) is 6.54 Å². The van der Waals surface area contributed by atoms with E-state index < -0.39 is 12.1 Å². The van der Waals surface area contributed by atoms with E-state index in [2.05, 4.69) is 5.32 Å². The Morgan fingerprint density at radius 3 is 2.62 bits per heavy atom. The molecule has 3 N–H and O–H groups in total. The van der Waals surface area contributed by atoms with Gasteiger partial charge in [-0.3, -0.25) is 0 Å². The van der Waals surface area contributed by atoms with Crippen molar-refractivity contribution in [3.05, 3.63) is 71.0 Å². The lowest BCUT2D eigenvalue weighted by molar-refractivity contribution is 0.0519. The van der Waals surface area contributed by atoms with Crippen LogP contribution < -0.4 is 5.32 Å². The molecule has 1 aliphatic rings. The molecule has 1 saturated carbocycles. The molecule has 1 aliphatic carbocycles. The molecule has 2 aromatic rings. The number of halogens is 1. The fraction of sp³-hybridized carbons (Fsp3) is 0.381. The van der Waals surface area contributed by atoms with Gasteiger partial charge in [0.15, 0.2) is 0 Å². The molecule has 1 fully saturated rings. The molecule has 0 spiro atoms. The zero-order valence-corrected chi connectivity index (χ0v) is 14.6. The first-order chi connectivity index (χ1) is 12.5. The van der Waals surface area contributed by atoms with Crippen LogP contribution in [-0.2, 0) is 13.0 Å². The summed E-state index contributed by atoms with van der Waals surface area (Å²) in [5, 5.41) is 23.0. The number of hydrogen-bond acceptors (Lipinski definition) is 3. The summed E-state index contributed by atoms with van der Waals surface area (Å²) < 4.78 is 13.1. The Kier molecular flexibility index (Phi) is 5.69. The van der Waals surface area contributed by atoms with E-state index in [1.54, 1.807) is 30.3 Å². The molecule has 3 rings (SSSR count). The molecule has 0 aliphatic heterocycles. The third kappa shape index (κ3) is 4.29. The van der Waals surface area contributed by atoms with E-state index in [0.29, 0.717) is 19.5 Å². The van der Waals surface area contributed by atoms with Crippen LogP contribution in [0.15, 0.2) is 48.5 Å². The van der Waals surface area contributed by atoms with Crippen molar-refractivity contribution >= 4 is 5.97 Å². The van der Waals surface area contributed by atoms with E-state index in [4.69, 9.17) is 5.11 Å². The Morgan fingerprint density at radius 1 is 1.19 bits per heavy atom. The summed E-state index contributed by atoms with van der Waals surface area (Å²) in [6, 6.07) is 13.3. The second-order valence-electron chi connectivity index (χ2n) is 7.18. The predicted octanol–water partition coefficient (Wildman–Crippen LogP) is 3.39. The van der Waals surface area contributed by atoms with Crippen LogP contribution in [0.5, 0.6) is 0 Å². The number of carboxylic acids is 1. The van der Waals surface area contributed by atoms with Crippen LogP contribution in [0.1, 0.15) is 40.7 Å². The number of benzene rings is 2. The number of nitrogens with one attached hydrogen (secondary N) is 1.